The monoisotopic (exact) mass is 442 g/mol. The van der Waals surface area contributed by atoms with E-state index in [0.717, 1.165) is 12.8 Å². The highest BCUT2D eigenvalue weighted by Crippen LogP contribution is 2.41. The SMILES string of the molecule is Cc1c(C)n2c3c(cccc13)B1c3cc4sc5c(c4cc3N(C)c3cccc-2c31)CCC=C5. The fraction of sp³-hybridized carbons (Fsp3) is 0.172. The van der Waals surface area contributed by atoms with Crippen LogP contribution in [0, 0.1) is 13.8 Å². The van der Waals surface area contributed by atoms with Crippen LogP contribution in [0.1, 0.15) is 28.1 Å². The van der Waals surface area contributed by atoms with Crippen molar-refractivity contribution in [2.24, 2.45) is 0 Å². The molecule has 0 N–H and O–H groups in total. The van der Waals surface area contributed by atoms with Crippen molar-refractivity contribution in [1.29, 1.82) is 0 Å². The molecule has 0 saturated carbocycles. The number of thiophene rings is 1. The number of aryl methyl sites for hydroxylation is 2. The molecule has 2 nitrogen and oxygen atoms in total. The van der Waals surface area contributed by atoms with Gasteiger partial charge < -0.3 is 9.47 Å². The van der Waals surface area contributed by atoms with Crippen molar-refractivity contribution in [2.75, 3.05) is 11.9 Å². The Labute approximate surface area is 197 Å². The predicted octanol–water partition coefficient (Wildman–Crippen LogP) is 5.33. The van der Waals surface area contributed by atoms with Crippen LogP contribution in [-0.4, -0.2) is 18.3 Å². The largest absolute Gasteiger partial charge is 0.345 e. The minimum Gasteiger partial charge on any atom is -0.345 e. The summed E-state index contributed by atoms with van der Waals surface area (Å²) in [6.45, 7) is 4.81. The lowest BCUT2D eigenvalue weighted by atomic mass is 9.34. The van der Waals surface area contributed by atoms with Gasteiger partial charge in [-0.1, -0.05) is 30.3 Å². The number of rotatable bonds is 0. The number of hydrogen-bond donors (Lipinski definition) is 0. The van der Waals surface area contributed by atoms with Gasteiger partial charge in [0.15, 0.2) is 0 Å². The molecule has 2 aliphatic heterocycles. The van der Waals surface area contributed by atoms with E-state index < -0.39 is 0 Å². The van der Waals surface area contributed by atoms with E-state index in [2.05, 4.69) is 91.0 Å². The molecule has 3 aliphatic rings. The van der Waals surface area contributed by atoms with Gasteiger partial charge in [-0.25, -0.2) is 0 Å². The van der Waals surface area contributed by atoms with Crippen LogP contribution < -0.4 is 21.3 Å². The lowest BCUT2D eigenvalue weighted by Crippen LogP contribution is -2.60. The Kier molecular flexibility index (Phi) is 3.32. The van der Waals surface area contributed by atoms with Crippen LogP contribution in [0.15, 0.2) is 54.6 Å². The van der Waals surface area contributed by atoms with E-state index in [0.29, 0.717) is 0 Å². The summed E-state index contributed by atoms with van der Waals surface area (Å²) in [5.41, 5.74) is 14.1. The van der Waals surface area contributed by atoms with E-state index in [4.69, 9.17) is 0 Å². The fourth-order valence-electron chi connectivity index (χ4n) is 6.66. The quantitative estimate of drug-likeness (QED) is 0.289. The molecule has 158 valence electrons. The number of allylic oxidation sites excluding steroid dienone is 1. The third-order valence-electron chi connectivity index (χ3n) is 8.31. The second-order valence-electron chi connectivity index (χ2n) is 9.78. The molecule has 1 aliphatic carbocycles. The number of hydrogen-bond acceptors (Lipinski definition) is 2. The van der Waals surface area contributed by atoms with Crippen LogP contribution in [-0.2, 0) is 6.42 Å². The number of benzene rings is 3. The Balaban J connectivity index is 1.53. The topological polar surface area (TPSA) is 8.17 Å². The average molecular weight is 442 g/mol. The number of aromatic nitrogens is 1. The Morgan fingerprint density at radius 1 is 0.909 bits per heavy atom. The molecule has 0 spiro atoms. The third kappa shape index (κ3) is 2.07. The van der Waals surface area contributed by atoms with Crippen LogP contribution in [0.2, 0.25) is 0 Å². The first-order valence-electron chi connectivity index (χ1n) is 11.9. The first kappa shape index (κ1) is 18.2. The van der Waals surface area contributed by atoms with Gasteiger partial charge in [0.2, 0.25) is 0 Å². The van der Waals surface area contributed by atoms with E-state index in [1.54, 1.807) is 5.56 Å². The zero-order valence-electron chi connectivity index (χ0n) is 19.1. The van der Waals surface area contributed by atoms with Crippen molar-refractivity contribution in [3.63, 3.8) is 0 Å². The maximum atomic E-state index is 2.52. The van der Waals surface area contributed by atoms with Crippen molar-refractivity contribution in [2.45, 2.75) is 26.7 Å². The summed E-state index contributed by atoms with van der Waals surface area (Å²) < 4.78 is 3.95. The summed E-state index contributed by atoms with van der Waals surface area (Å²) in [4.78, 5) is 3.88. The Hall–Kier alpha value is -3.24. The standard InChI is InChI=1S/C29H23BN2S/c1-16-17(2)32-24-12-7-11-23-28(24)30(21-10-6-9-18(16)29(21)32)22-15-27-20(14-25(22)31(23)3)19-8-4-5-13-26(19)33-27/h5-7,9-15H,4,8H2,1-3H3. The molecular weight excluding hydrogens is 419 g/mol. The van der Waals surface area contributed by atoms with E-state index in [-0.39, 0.29) is 6.71 Å². The van der Waals surface area contributed by atoms with E-state index in [1.807, 2.05) is 11.3 Å². The van der Waals surface area contributed by atoms with Gasteiger partial charge in [-0.2, -0.15) is 0 Å². The molecule has 5 aromatic rings. The minimum atomic E-state index is 0.270. The summed E-state index contributed by atoms with van der Waals surface area (Å²) in [5, 5.41) is 2.84. The zero-order chi connectivity index (χ0) is 22.0. The summed E-state index contributed by atoms with van der Waals surface area (Å²) in [7, 11) is 2.25. The molecule has 0 fully saturated rings. The Morgan fingerprint density at radius 2 is 1.76 bits per heavy atom. The molecule has 0 amide bonds. The van der Waals surface area contributed by atoms with Gasteiger partial charge >= 0.3 is 0 Å². The second-order valence-corrected chi connectivity index (χ2v) is 10.9. The molecule has 0 atom stereocenters. The maximum Gasteiger partial charge on any atom is 0.252 e. The second kappa shape index (κ2) is 6.01. The van der Waals surface area contributed by atoms with Crippen molar-refractivity contribution in [3.8, 4) is 5.69 Å². The van der Waals surface area contributed by atoms with Gasteiger partial charge in [-0.05, 0) is 89.9 Å². The Morgan fingerprint density at radius 3 is 2.67 bits per heavy atom. The van der Waals surface area contributed by atoms with Gasteiger partial charge in [0.25, 0.3) is 6.71 Å². The Bertz CT molecular complexity index is 1720. The van der Waals surface area contributed by atoms with Crippen molar-refractivity contribution < 1.29 is 0 Å². The number of anilines is 2. The molecule has 3 aromatic carbocycles. The van der Waals surface area contributed by atoms with Crippen LogP contribution in [0.25, 0.3) is 32.8 Å². The summed E-state index contributed by atoms with van der Waals surface area (Å²) in [5.74, 6) is 0. The molecule has 0 unspecified atom stereocenters. The summed E-state index contributed by atoms with van der Waals surface area (Å²) in [6.07, 6.45) is 6.97. The van der Waals surface area contributed by atoms with Crippen molar-refractivity contribution >= 4 is 72.9 Å². The van der Waals surface area contributed by atoms with Gasteiger partial charge in [0.05, 0.1) is 0 Å². The molecule has 0 saturated heterocycles. The lowest BCUT2D eigenvalue weighted by Gasteiger charge is -2.38. The zero-order valence-corrected chi connectivity index (χ0v) is 19.9. The first-order chi connectivity index (χ1) is 16.1. The molecule has 8 rings (SSSR count). The van der Waals surface area contributed by atoms with Gasteiger partial charge in [-0.3, -0.25) is 0 Å². The molecule has 0 radical (unpaired) electrons. The maximum absolute atomic E-state index is 2.52. The normalized spacial score (nSPS) is 15.2. The highest BCUT2D eigenvalue weighted by molar-refractivity contribution is 7.20. The average Bonchev–Trinajstić information content (AvgIpc) is 3.33. The van der Waals surface area contributed by atoms with Crippen molar-refractivity contribution in [3.05, 3.63) is 76.3 Å². The van der Waals surface area contributed by atoms with Crippen LogP contribution >= 0.6 is 11.3 Å². The predicted molar refractivity (Wildman–Crippen MR) is 145 cm³/mol. The van der Waals surface area contributed by atoms with Gasteiger partial charge in [0, 0.05) is 50.3 Å². The van der Waals surface area contributed by atoms with Crippen LogP contribution in [0.4, 0.5) is 11.4 Å². The highest BCUT2D eigenvalue weighted by Gasteiger charge is 2.41. The summed E-state index contributed by atoms with van der Waals surface area (Å²) >= 11 is 1.96. The van der Waals surface area contributed by atoms with E-state index in [9.17, 15) is 0 Å². The van der Waals surface area contributed by atoms with Crippen LogP contribution in [0.5, 0.6) is 0 Å². The first-order valence-corrected chi connectivity index (χ1v) is 12.7. The molecule has 0 bridgehead atoms. The van der Waals surface area contributed by atoms with Gasteiger partial charge in [-0.15, -0.1) is 11.3 Å². The number of fused-ring (bicyclic) bond motifs is 7. The molecule has 4 heterocycles. The molecular formula is C29H23BN2S. The lowest BCUT2D eigenvalue weighted by molar-refractivity contribution is 1.01. The van der Waals surface area contributed by atoms with Gasteiger partial charge in [0.1, 0.15) is 0 Å². The van der Waals surface area contributed by atoms with Crippen molar-refractivity contribution in [1.82, 2.24) is 4.57 Å². The van der Waals surface area contributed by atoms with E-state index in [1.165, 1.54) is 70.6 Å². The minimum absolute atomic E-state index is 0.270. The fourth-order valence-corrected chi connectivity index (χ4v) is 7.87. The third-order valence-corrected chi connectivity index (χ3v) is 9.47. The van der Waals surface area contributed by atoms with E-state index >= 15 is 0 Å². The molecule has 33 heavy (non-hydrogen) atoms. The number of para-hydroxylation sites is 1. The summed E-state index contributed by atoms with van der Waals surface area (Å²) in [6, 6.07) is 18.8. The molecule has 2 aromatic heterocycles. The molecule has 4 heteroatoms. The highest BCUT2D eigenvalue weighted by atomic mass is 32.1. The number of nitrogens with zero attached hydrogens (tertiary/aromatic N) is 2. The smallest absolute Gasteiger partial charge is 0.252 e. The van der Waals surface area contributed by atoms with Crippen LogP contribution in [0.3, 0.4) is 0 Å².